The summed E-state index contributed by atoms with van der Waals surface area (Å²) in [5.41, 5.74) is 6.74. The van der Waals surface area contributed by atoms with E-state index in [2.05, 4.69) is 37.3 Å². The highest BCUT2D eigenvalue weighted by Gasteiger charge is 2.25. The molecule has 2 aromatic heterocycles. The molecule has 5 nitrogen and oxygen atoms in total. The largest absolute Gasteiger partial charge is 0.337 e. The molecule has 1 aliphatic heterocycles. The van der Waals surface area contributed by atoms with E-state index in [1.165, 1.54) is 0 Å². The maximum absolute atomic E-state index is 12.4. The van der Waals surface area contributed by atoms with Crippen LogP contribution in [0.15, 0.2) is 42.7 Å². The summed E-state index contributed by atoms with van der Waals surface area (Å²) in [5.74, 6) is 0.610. The first kappa shape index (κ1) is 17.5. The molecule has 1 amide bonds. The lowest BCUT2D eigenvalue weighted by atomic mass is 9.98. The summed E-state index contributed by atoms with van der Waals surface area (Å²) in [6, 6.07) is 10.2. The van der Waals surface area contributed by atoms with Gasteiger partial charge in [0.05, 0.1) is 11.9 Å². The monoisotopic (exact) mass is 360 g/mol. The van der Waals surface area contributed by atoms with Crippen LogP contribution in [-0.4, -0.2) is 32.6 Å². The maximum atomic E-state index is 12.4. The molecule has 0 saturated carbocycles. The highest BCUT2D eigenvalue weighted by molar-refractivity contribution is 5.99. The van der Waals surface area contributed by atoms with Crippen LogP contribution in [0.1, 0.15) is 35.5 Å². The summed E-state index contributed by atoms with van der Waals surface area (Å²) in [7, 11) is 1.83. The lowest BCUT2D eigenvalue weighted by Gasteiger charge is -2.10. The Bertz CT molecular complexity index is 1020. The molecule has 27 heavy (non-hydrogen) atoms. The molecule has 0 N–H and O–H groups in total. The van der Waals surface area contributed by atoms with E-state index in [4.69, 9.17) is 4.98 Å². The van der Waals surface area contributed by atoms with Gasteiger partial charge < -0.3 is 4.90 Å². The second-order valence-electron chi connectivity index (χ2n) is 7.73. The fraction of sp³-hybridized carbons (Fsp3) is 0.318. The van der Waals surface area contributed by atoms with Gasteiger partial charge in [0.15, 0.2) is 0 Å². The SMILES string of the molecule is Cc1ccc(-c2cnn(CC(C)C)c2)c(-c2ccc3c(c2)C(=O)N(C)C3)n1. The molecule has 0 saturated heterocycles. The van der Waals surface area contributed by atoms with Crippen LogP contribution < -0.4 is 0 Å². The number of benzene rings is 1. The second-order valence-corrected chi connectivity index (χ2v) is 7.73. The Hall–Kier alpha value is -2.95. The zero-order valence-corrected chi connectivity index (χ0v) is 16.2. The number of fused-ring (bicyclic) bond motifs is 1. The first-order valence-corrected chi connectivity index (χ1v) is 9.31. The smallest absolute Gasteiger partial charge is 0.254 e. The number of pyridine rings is 1. The van der Waals surface area contributed by atoms with Gasteiger partial charge in [-0.25, -0.2) is 0 Å². The summed E-state index contributed by atoms with van der Waals surface area (Å²) in [4.78, 5) is 18.9. The maximum Gasteiger partial charge on any atom is 0.254 e. The van der Waals surface area contributed by atoms with Crippen molar-refractivity contribution in [3.63, 3.8) is 0 Å². The predicted octanol–water partition coefficient (Wildman–Crippen LogP) is 4.16. The molecule has 0 atom stereocenters. The van der Waals surface area contributed by atoms with Crippen molar-refractivity contribution >= 4 is 5.91 Å². The summed E-state index contributed by atoms with van der Waals surface area (Å²) >= 11 is 0. The van der Waals surface area contributed by atoms with E-state index < -0.39 is 0 Å². The summed E-state index contributed by atoms with van der Waals surface area (Å²) in [6.07, 6.45) is 3.96. The van der Waals surface area contributed by atoms with E-state index in [0.717, 1.165) is 45.7 Å². The van der Waals surface area contributed by atoms with Gasteiger partial charge in [-0.05, 0) is 30.5 Å². The lowest BCUT2D eigenvalue weighted by molar-refractivity contribution is 0.0816. The van der Waals surface area contributed by atoms with Crippen molar-refractivity contribution in [2.75, 3.05) is 7.05 Å². The number of amides is 1. The summed E-state index contributed by atoms with van der Waals surface area (Å²) < 4.78 is 1.98. The van der Waals surface area contributed by atoms with Crippen molar-refractivity contribution in [3.05, 3.63) is 59.5 Å². The molecule has 5 heteroatoms. The minimum absolute atomic E-state index is 0.0748. The van der Waals surface area contributed by atoms with Crippen molar-refractivity contribution in [3.8, 4) is 22.4 Å². The van der Waals surface area contributed by atoms with Gasteiger partial charge in [-0.2, -0.15) is 5.10 Å². The normalized spacial score (nSPS) is 13.5. The minimum atomic E-state index is 0.0748. The molecule has 0 spiro atoms. The fourth-order valence-electron chi connectivity index (χ4n) is 3.58. The van der Waals surface area contributed by atoms with E-state index in [9.17, 15) is 4.79 Å². The van der Waals surface area contributed by atoms with E-state index >= 15 is 0 Å². The van der Waals surface area contributed by atoms with Crippen molar-refractivity contribution in [1.82, 2.24) is 19.7 Å². The van der Waals surface area contributed by atoms with Gasteiger partial charge in [-0.1, -0.05) is 32.0 Å². The van der Waals surface area contributed by atoms with E-state index in [0.29, 0.717) is 12.5 Å². The number of aryl methyl sites for hydroxylation is 1. The lowest BCUT2D eigenvalue weighted by Crippen LogP contribution is -2.17. The molecule has 1 aromatic carbocycles. The van der Waals surface area contributed by atoms with Crippen LogP contribution in [0, 0.1) is 12.8 Å². The molecule has 0 bridgehead atoms. The van der Waals surface area contributed by atoms with E-state index in [-0.39, 0.29) is 5.91 Å². The number of rotatable bonds is 4. The Morgan fingerprint density at radius 1 is 1.11 bits per heavy atom. The molecule has 3 heterocycles. The minimum Gasteiger partial charge on any atom is -0.337 e. The van der Waals surface area contributed by atoms with Gasteiger partial charge in [0.25, 0.3) is 5.91 Å². The molecule has 0 radical (unpaired) electrons. The van der Waals surface area contributed by atoms with Crippen LogP contribution in [0.25, 0.3) is 22.4 Å². The van der Waals surface area contributed by atoms with E-state index in [1.807, 2.05) is 43.0 Å². The Kier molecular flexibility index (Phi) is 4.30. The number of hydrogen-bond donors (Lipinski definition) is 0. The molecule has 0 aliphatic carbocycles. The average molecular weight is 360 g/mol. The van der Waals surface area contributed by atoms with E-state index in [1.54, 1.807) is 4.90 Å². The van der Waals surface area contributed by atoms with Crippen molar-refractivity contribution in [2.24, 2.45) is 5.92 Å². The number of aromatic nitrogens is 3. The fourth-order valence-corrected chi connectivity index (χ4v) is 3.58. The van der Waals surface area contributed by atoms with Gasteiger partial charge in [0.2, 0.25) is 0 Å². The first-order chi connectivity index (χ1) is 12.9. The predicted molar refractivity (Wildman–Crippen MR) is 106 cm³/mol. The van der Waals surface area contributed by atoms with Crippen LogP contribution in [0.3, 0.4) is 0 Å². The Morgan fingerprint density at radius 3 is 2.70 bits per heavy atom. The third kappa shape index (κ3) is 3.25. The third-order valence-corrected chi connectivity index (χ3v) is 4.90. The average Bonchev–Trinajstić information content (AvgIpc) is 3.19. The van der Waals surface area contributed by atoms with Gasteiger partial charge in [0.1, 0.15) is 0 Å². The van der Waals surface area contributed by atoms with Gasteiger partial charge >= 0.3 is 0 Å². The quantitative estimate of drug-likeness (QED) is 0.702. The van der Waals surface area contributed by atoms with Crippen LogP contribution in [0.4, 0.5) is 0 Å². The van der Waals surface area contributed by atoms with Crippen molar-refractivity contribution < 1.29 is 4.79 Å². The molecule has 4 rings (SSSR count). The van der Waals surface area contributed by atoms with Gasteiger partial charge in [-0.15, -0.1) is 0 Å². The van der Waals surface area contributed by atoms with Crippen molar-refractivity contribution in [1.29, 1.82) is 0 Å². The standard InChI is InChI=1S/C22H24N4O/c1-14(2)11-26-13-18(10-23-26)19-8-5-15(3)24-21(19)16-6-7-17-12-25(4)22(27)20(17)9-16/h5-10,13-14H,11-12H2,1-4H3. The molecule has 1 aliphatic rings. The Balaban J connectivity index is 1.79. The zero-order valence-electron chi connectivity index (χ0n) is 16.2. The van der Waals surface area contributed by atoms with Crippen LogP contribution in [0.2, 0.25) is 0 Å². The summed E-state index contributed by atoms with van der Waals surface area (Å²) in [5, 5.41) is 4.50. The van der Waals surface area contributed by atoms with Crippen LogP contribution >= 0.6 is 0 Å². The van der Waals surface area contributed by atoms with Gasteiger partial charge in [-0.3, -0.25) is 14.5 Å². The molecule has 3 aromatic rings. The Morgan fingerprint density at radius 2 is 1.93 bits per heavy atom. The highest BCUT2D eigenvalue weighted by Crippen LogP contribution is 2.33. The first-order valence-electron chi connectivity index (χ1n) is 9.31. The topological polar surface area (TPSA) is 51.0 Å². The zero-order chi connectivity index (χ0) is 19.1. The van der Waals surface area contributed by atoms with Crippen molar-refractivity contribution in [2.45, 2.75) is 33.9 Å². The molecule has 0 fully saturated rings. The highest BCUT2D eigenvalue weighted by atomic mass is 16.2. The number of nitrogens with zero attached hydrogens (tertiary/aromatic N) is 4. The molecule has 0 unspecified atom stereocenters. The van der Waals surface area contributed by atoms with Crippen LogP contribution in [0.5, 0.6) is 0 Å². The molecule has 138 valence electrons. The molecular weight excluding hydrogens is 336 g/mol. The molecular formula is C22H24N4O. The Labute approximate surface area is 159 Å². The number of hydrogen-bond acceptors (Lipinski definition) is 3. The van der Waals surface area contributed by atoms with Gasteiger partial charge in [0, 0.05) is 54.3 Å². The third-order valence-electron chi connectivity index (χ3n) is 4.90. The van der Waals surface area contributed by atoms with Crippen LogP contribution in [-0.2, 0) is 13.1 Å². The number of carbonyl (C=O) groups is 1. The summed E-state index contributed by atoms with van der Waals surface area (Å²) in [6.45, 7) is 7.90. The number of carbonyl (C=O) groups excluding carboxylic acids is 1. The second kappa shape index (κ2) is 6.65.